The zero-order valence-electron chi connectivity index (χ0n) is 13.5. The Morgan fingerprint density at radius 3 is 2.13 bits per heavy atom. The van der Waals surface area contributed by atoms with Crippen LogP contribution in [0.3, 0.4) is 0 Å². The maximum atomic E-state index is 6.44. The van der Waals surface area contributed by atoms with E-state index in [-0.39, 0.29) is 0 Å². The van der Waals surface area contributed by atoms with Crippen molar-refractivity contribution >= 4 is 0 Å². The van der Waals surface area contributed by atoms with Crippen molar-refractivity contribution in [1.29, 1.82) is 0 Å². The predicted octanol–water partition coefficient (Wildman–Crippen LogP) is 3.82. The van der Waals surface area contributed by atoms with E-state index in [1.807, 2.05) is 0 Å². The van der Waals surface area contributed by atoms with Gasteiger partial charge < -0.3 is 5.73 Å². The van der Waals surface area contributed by atoms with Crippen molar-refractivity contribution in [2.24, 2.45) is 17.6 Å². The topological polar surface area (TPSA) is 29.3 Å². The fourth-order valence-electron chi connectivity index (χ4n) is 5.28. The minimum atomic E-state index is 0.408. The zero-order valence-corrected chi connectivity index (χ0v) is 13.5. The average molecular weight is 304 g/mol. The minimum absolute atomic E-state index is 0.408. The third kappa shape index (κ3) is 2.02. The molecule has 3 aliphatic rings. The summed E-state index contributed by atoms with van der Waals surface area (Å²) in [5.74, 6) is 1.50. The number of rotatable bonds is 1. The highest BCUT2D eigenvalue weighted by Crippen LogP contribution is 2.49. The Labute approximate surface area is 138 Å². The van der Waals surface area contributed by atoms with Crippen LogP contribution < -0.4 is 5.73 Å². The molecule has 23 heavy (non-hydrogen) atoms. The summed E-state index contributed by atoms with van der Waals surface area (Å²) in [6.45, 7) is 2.38. The average Bonchev–Trinajstić information content (AvgIpc) is 3.14. The van der Waals surface area contributed by atoms with E-state index >= 15 is 0 Å². The van der Waals surface area contributed by atoms with Gasteiger partial charge in [0.15, 0.2) is 0 Å². The van der Waals surface area contributed by atoms with Crippen LogP contribution >= 0.6 is 0 Å². The Morgan fingerprint density at radius 2 is 1.48 bits per heavy atom. The summed E-state index contributed by atoms with van der Waals surface area (Å²) < 4.78 is 0. The van der Waals surface area contributed by atoms with Crippen LogP contribution in [0.2, 0.25) is 0 Å². The monoisotopic (exact) mass is 304 g/mol. The number of hydrogen-bond acceptors (Lipinski definition) is 2. The van der Waals surface area contributed by atoms with Gasteiger partial charge in [-0.05, 0) is 46.9 Å². The Kier molecular flexibility index (Phi) is 3.10. The van der Waals surface area contributed by atoms with Gasteiger partial charge >= 0.3 is 0 Å². The maximum absolute atomic E-state index is 6.44. The van der Waals surface area contributed by atoms with E-state index in [9.17, 15) is 0 Å². The van der Waals surface area contributed by atoms with Gasteiger partial charge in [-0.25, -0.2) is 0 Å². The van der Waals surface area contributed by atoms with Crippen molar-refractivity contribution in [2.45, 2.75) is 31.3 Å². The third-order valence-electron chi connectivity index (χ3n) is 6.35. The second-order valence-corrected chi connectivity index (χ2v) is 7.55. The molecule has 0 amide bonds. The molecule has 2 heteroatoms. The second kappa shape index (κ2) is 5.19. The normalized spacial score (nSPS) is 30.0. The van der Waals surface area contributed by atoms with E-state index in [0.29, 0.717) is 18.0 Å². The first-order chi connectivity index (χ1) is 11.3. The van der Waals surface area contributed by atoms with Gasteiger partial charge in [0.1, 0.15) is 0 Å². The first kappa shape index (κ1) is 13.8. The van der Waals surface area contributed by atoms with E-state index in [4.69, 9.17) is 5.73 Å². The molecule has 2 fully saturated rings. The Balaban J connectivity index is 1.56. The Bertz CT molecular complexity index is 693. The molecule has 2 nitrogen and oxygen atoms in total. The van der Waals surface area contributed by atoms with E-state index < -0.39 is 0 Å². The van der Waals surface area contributed by atoms with Gasteiger partial charge in [0.05, 0.1) is 6.04 Å². The van der Waals surface area contributed by atoms with Crippen LogP contribution in [0, 0.1) is 11.8 Å². The molecule has 2 aromatic rings. The van der Waals surface area contributed by atoms with Crippen LogP contribution in [0.4, 0.5) is 0 Å². The zero-order chi connectivity index (χ0) is 15.4. The van der Waals surface area contributed by atoms with Crippen molar-refractivity contribution in [2.75, 3.05) is 13.1 Å². The van der Waals surface area contributed by atoms with Gasteiger partial charge in [-0.3, -0.25) is 4.90 Å². The van der Waals surface area contributed by atoms with Crippen LogP contribution in [0.15, 0.2) is 48.5 Å². The molecular formula is C21H24N2. The summed E-state index contributed by atoms with van der Waals surface area (Å²) in [5, 5.41) is 0. The molecule has 5 rings (SSSR count). The van der Waals surface area contributed by atoms with Crippen molar-refractivity contribution in [3.8, 4) is 11.1 Å². The fourth-order valence-corrected chi connectivity index (χ4v) is 5.28. The maximum Gasteiger partial charge on any atom is 0.0614 e. The molecular weight excluding hydrogens is 280 g/mol. The van der Waals surface area contributed by atoms with Crippen LogP contribution in [0.1, 0.15) is 36.4 Å². The summed E-state index contributed by atoms with van der Waals surface area (Å²) >= 11 is 0. The molecule has 0 radical (unpaired) electrons. The molecule has 2 aromatic carbocycles. The smallest absolute Gasteiger partial charge is 0.0614 e. The van der Waals surface area contributed by atoms with Gasteiger partial charge in [0.2, 0.25) is 0 Å². The summed E-state index contributed by atoms with van der Waals surface area (Å²) in [4.78, 5) is 2.71. The van der Waals surface area contributed by atoms with Gasteiger partial charge in [0.25, 0.3) is 0 Å². The van der Waals surface area contributed by atoms with E-state index in [1.54, 1.807) is 0 Å². The lowest BCUT2D eigenvalue weighted by atomic mass is 9.78. The highest BCUT2D eigenvalue weighted by Gasteiger charge is 2.43. The SMILES string of the molecule is NC1CCCC2CN(C3c4ccccc4-c4ccccc43)CC12. The van der Waals surface area contributed by atoms with E-state index in [2.05, 4.69) is 53.4 Å². The number of benzene rings is 2. The first-order valence-corrected chi connectivity index (χ1v) is 9.01. The molecule has 3 atom stereocenters. The molecule has 1 heterocycles. The molecule has 1 saturated carbocycles. The fraction of sp³-hybridized carbons (Fsp3) is 0.429. The van der Waals surface area contributed by atoms with Crippen LogP contribution in [-0.4, -0.2) is 24.0 Å². The number of hydrogen-bond donors (Lipinski definition) is 1. The molecule has 1 aliphatic heterocycles. The summed E-state index contributed by atoms with van der Waals surface area (Å²) in [6, 6.07) is 18.7. The Hall–Kier alpha value is -1.64. The summed E-state index contributed by atoms with van der Waals surface area (Å²) in [5.41, 5.74) is 12.3. The number of nitrogens with zero attached hydrogens (tertiary/aromatic N) is 1. The quantitative estimate of drug-likeness (QED) is 0.868. The highest BCUT2D eigenvalue weighted by molar-refractivity contribution is 5.78. The summed E-state index contributed by atoms with van der Waals surface area (Å²) in [6.07, 6.45) is 3.89. The molecule has 0 bridgehead atoms. The van der Waals surface area contributed by atoms with Crippen molar-refractivity contribution in [1.82, 2.24) is 4.90 Å². The summed E-state index contributed by atoms with van der Waals surface area (Å²) in [7, 11) is 0. The van der Waals surface area contributed by atoms with E-state index in [1.165, 1.54) is 54.6 Å². The molecule has 2 N–H and O–H groups in total. The van der Waals surface area contributed by atoms with Crippen LogP contribution in [0.25, 0.3) is 11.1 Å². The van der Waals surface area contributed by atoms with Gasteiger partial charge in [-0.15, -0.1) is 0 Å². The predicted molar refractivity (Wildman–Crippen MR) is 94.1 cm³/mol. The number of fused-ring (bicyclic) bond motifs is 4. The lowest BCUT2D eigenvalue weighted by Gasteiger charge is -2.30. The Morgan fingerprint density at radius 1 is 0.826 bits per heavy atom. The lowest BCUT2D eigenvalue weighted by Crippen LogP contribution is -2.38. The second-order valence-electron chi connectivity index (χ2n) is 7.55. The largest absolute Gasteiger partial charge is 0.327 e. The molecule has 1 saturated heterocycles. The van der Waals surface area contributed by atoms with E-state index in [0.717, 1.165) is 5.92 Å². The minimum Gasteiger partial charge on any atom is -0.327 e. The first-order valence-electron chi connectivity index (χ1n) is 9.01. The number of nitrogens with two attached hydrogens (primary N) is 1. The highest BCUT2D eigenvalue weighted by atomic mass is 15.2. The molecule has 3 unspecified atom stereocenters. The van der Waals surface area contributed by atoms with Crippen LogP contribution in [-0.2, 0) is 0 Å². The van der Waals surface area contributed by atoms with Gasteiger partial charge in [-0.1, -0.05) is 55.0 Å². The molecule has 0 spiro atoms. The van der Waals surface area contributed by atoms with Crippen molar-refractivity contribution in [3.63, 3.8) is 0 Å². The van der Waals surface area contributed by atoms with Gasteiger partial charge in [0, 0.05) is 19.1 Å². The van der Waals surface area contributed by atoms with Crippen molar-refractivity contribution in [3.05, 3.63) is 59.7 Å². The standard InChI is InChI=1S/C21H24N2/c22-20-11-5-6-14-12-23(13-19(14)20)21-17-9-3-1-7-15(17)16-8-2-4-10-18(16)21/h1-4,7-10,14,19-21H,5-6,11-13,22H2. The van der Waals surface area contributed by atoms with Crippen molar-refractivity contribution < 1.29 is 0 Å². The lowest BCUT2D eigenvalue weighted by molar-refractivity contribution is 0.256. The third-order valence-corrected chi connectivity index (χ3v) is 6.35. The molecule has 118 valence electrons. The molecule has 0 aromatic heterocycles. The van der Waals surface area contributed by atoms with Crippen LogP contribution in [0.5, 0.6) is 0 Å². The van der Waals surface area contributed by atoms with Gasteiger partial charge in [-0.2, -0.15) is 0 Å². The molecule has 2 aliphatic carbocycles. The number of likely N-dealkylation sites (tertiary alicyclic amines) is 1.